The number of nitro groups is 1. The van der Waals surface area contributed by atoms with Crippen LogP contribution in [0.25, 0.3) is 10.2 Å². The van der Waals surface area contributed by atoms with E-state index in [0.29, 0.717) is 5.56 Å². The summed E-state index contributed by atoms with van der Waals surface area (Å²) in [6, 6.07) is 3.23. The summed E-state index contributed by atoms with van der Waals surface area (Å²) in [7, 11) is 0. The highest BCUT2D eigenvalue weighted by molar-refractivity contribution is 7.18. The molecule has 1 atom stereocenters. The third-order valence-corrected chi connectivity index (χ3v) is 4.21. The Morgan fingerprint density at radius 1 is 1.40 bits per heavy atom. The molecule has 0 aliphatic carbocycles. The van der Waals surface area contributed by atoms with Gasteiger partial charge in [-0.15, -0.1) is 11.3 Å². The van der Waals surface area contributed by atoms with E-state index < -0.39 is 10.8 Å². The fourth-order valence-electron chi connectivity index (χ4n) is 2.55. The molecule has 0 spiro atoms. The number of thiazole rings is 1. The zero-order valence-corrected chi connectivity index (χ0v) is 12.7. The van der Waals surface area contributed by atoms with E-state index in [9.17, 15) is 14.9 Å². The first-order chi connectivity index (χ1) is 9.31. The van der Waals surface area contributed by atoms with Crippen molar-refractivity contribution < 1.29 is 9.72 Å². The largest absolute Gasteiger partial charge is 0.299 e. The van der Waals surface area contributed by atoms with Crippen LogP contribution >= 0.6 is 11.3 Å². The molecule has 1 aromatic heterocycles. The highest BCUT2D eigenvalue weighted by Gasteiger charge is 2.29. The maximum atomic E-state index is 11.9. The van der Waals surface area contributed by atoms with E-state index >= 15 is 0 Å². The lowest BCUT2D eigenvalue weighted by Crippen LogP contribution is -2.16. The molecule has 0 aliphatic rings. The van der Waals surface area contributed by atoms with Gasteiger partial charge in [0.15, 0.2) is 0 Å². The van der Waals surface area contributed by atoms with Gasteiger partial charge in [-0.2, -0.15) is 0 Å². The minimum atomic E-state index is -0.471. The van der Waals surface area contributed by atoms with Gasteiger partial charge < -0.3 is 0 Å². The molecule has 0 bridgehead atoms. The van der Waals surface area contributed by atoms with Gasteiger partial charge in [0.1, 0.15) is 5.78 Å². The second-order valence-electron chi connectivity index (χ2n) is 5.20. The second-order valence-corrected chi connectivity index (χ2v) is 6.44. The smallest absolute Gasteiger partial charge is 0.274 e. The minimum Gasteiger partial charge on any atom is -0.299 e. The molecule has 5 nitrogen and oxygen atoms in total. The summed E-state index contributed by atoms with van der Waals surface area (Å²) in [6.07, 6.45) is 0. The van der Waals surface area contributed by atoms with Gasteiger partial charge in [0.2, 0.25) is 0 Å². The predicted octanol–water partition coefficient (Wildman–Crippen LogP) is 3.84. The van der Waals surface area contributed by atoms with E-state index in [2.05, 4.69) is 4.98 Å². The number of ketones is 1. The lowest BCUT2D eigenvalue weighted by atomic mass is 9.84. The van der Waals surface area contributed by atoms with Crippen LogP contribution in [0.5, 0.6) is 0 Å². The van der Waals surface area contributed by atoms with Crippen LogP contribution < -0.4 is 0 Å². The van der Waals surface area contributed by atoms with Crippen molar-refractivity contribution in [3.63, 3.8) is 0 Å². The van der Waals surface area contributed by atoms with Crippen molar-refractivity contribution in [3.05, 3.63) is 32.8 Å². The molecule has 1 heterocycles. The standard InChI is InChI=1S/C14H16N2O3S/c1-7(2)14(8(3)17)10-5-11-13(20-9(4)15-11)6-12(10)16(18)19/h5-7,14H,1-4H3. The number of nitro benzene ring substituents is 1. The topological polar surface area (TPSA) is 73.1 Å². The van der Waals surface area contributed by atoms with E-state index in [-0.39, 0.29) is 17.4 Å². The Balaban J connectivity index is 2.74. The van der Waals surface area contributed by atoms with Crippen LogP contribution in [-0.4, -0.2) is 15.7 Å². The van der Waals surface area contributed by atoms with Crippen molar-refractivity contribution in [2.45, 2.75) is 33.6 Å². The molecule has 0 saturated carbocycles. The van der Waals surface area contributed by atoms with Crippen LogP contribution in [0.1, 0.15) is 37.3 Å². The lowest BCUT2D eigenvalue weighted by Gasteiger charge is -2.18. The number of nitrogens with zero attached hydrogens (tertiary/aromatic N) is 2. The van der Waals surface area contributed by atoms with Crippen molar-refractivity contribution in [3.8, 4) is 0 Å². The number of fused-ring (bicyclic) bond motifs is 1. The molecule has 2 aromatic rings. The van der Waals surface area contributed by atoms with Crippen LogP contribution in [0.4, 0.5) is 5.69 Å². The highest BCUT2D eigenvalue weighted by Crippen LogP contribution is 2.37. The molecule has 0 amide bonds. The summed E-state index contributed by atoms with van der Waals surface area (Å²) >= 11 is 1.42. The molecule has 0 radical (unpaired) electrons. The Hall–Kier alpha value is -1.82. The molecule has 1 unspecified atom stereocenters. The zero-order chi connectivity index (χ0) is 15.0. The van der Waals surface area contributed by atoms with Gasteiger partial charge in [-0.05, 0) is 25.8 Å². The van der Waals surface area contributed by atoms with Crippen LogP contribution in [0.2, 0.25) is 0 Å². The van der Waals surface area contributed by atoms with Crippen LogP contribution in [0, 0.1) is 23.0 Å². The van der Waals surface area contributed by atoms with Crippen LogP contribution in [0.3, 0.4) is 0 Å². The SMILES string of the molecule is CC(=O)C(c1cc2nc(C)sc2cc1[N+](=O)[O-])C(C)C. The van der Waals surface area contributed by atoms with Crippen LogP contribution in [-0.2, 0) is 4.79 Å². The minimum absolute atomic E-state index is 0.00313. The molecule has 0 fully saturated rings. The van der Waals surface area contributed by atoms with Gasteiger partial charge in [0, 0.05) is 11.6 Å². The number of rotatable bonds is 4. The van der Waals surface area contributed by atoms with Crippen molar-refractivity contribution in [1.82, 2.24) is 4.98 Å². The molecule has 2 rings (SSSR count). The van der Waals surface area contributed by atoms with E-state index in [1.54, 1.807) is 6.07 Å². The number of carbonyl (C=O) groups is 1. The average molecular weight is 292 g/mol. The van der Waals surface area contributed by atoms with Gasteiger partial charge in [-0.1, -0.05) is 13.8 Å². The Labute approximate surface area is 120 Å². The molecule has 6 heteroatoms. The number of aromatic nitrogens is 1. The number of carbonyl (C=O) groups excluding carboxylic acids is 1. The number of aryl methyl sites for hydroxylation is 1. The van der Waals surface area contributed by atoms with E-state index in [0.717, 1.165) is 15.2 Å². The Morgan fingerprint density at radius 3 is 2.55 bits per heavy atom. The molecular formula is C14H16N2O3S. The number of Topliss-reactive ketones (excluding diaryl/α,β-unsaturated/α-hetero) is 1. The van der Waals surface area contributed by atoms with Gasteiger partial charge in [0.05, 0.1) is 26.1 Å². The van der Waals surface area contributed by atoms with Gasteiger partial charge in [-0.3, -0.25) is 14.9 Å². The molecule has 0 aliphatic heterocycles. The van der Waals surface area contributed by atoms with Gasteiger partial charge in [-0.25, -0.2) is 4.98 Å². The summed E-state index contributed by atoms with van der Waals surface area (Å²) in [6.45, 7) is 7.13. The van der Waals surface area contributed by atoms with E-state index in [1.807, 2.05) is 20.8 Å². The predicted molar refractivity (Wildman–Crippen MR) is 79.3 cm³/mol. The first-order valence-electron chi connectivity index (χ1n) is 6.37. The molecule has 0 N–H and O–H groups in total. The maximum absolute atomic E-state index is 11.9. The second kappa shape index (κ2) is 5.28. The maximum Gasteiger partial charge on any atom is 0.274 e. The molecule has 0 saturated heterocycles. The Morgan fingerprint density at radius 2 is 2.05 bits per heavy atom. The number of benzene rings is 1. The zero-order valence-electron chi connectivity index (χ0n) is 11.8. The quantitative estimate of drug-likeness (QED) is 0.634. The molecule has 1 aromatic carbocycles. The monoisotopic (exact) mass is 292 g/mol. The fraction of sp³-hybridized carbons (Fsp3) is 0.429. The van der Waals surface area contributed by atoms with Gasteiger partial charge >= 0.3 is 0 Å². The first kappa shape index (κ1) is 14.6. The van der Waals surface area contributed by atoms with Crippen LogP contribution in [0.15, 0.2) is 12.1 Å². The van der Waals surface area contributed by atoms with Crippen molar-refractivity contribution in [2.75, 3.05) is 0 Å². The summed E-state index contributed by atoms with van der Waals surface area (Å²) < 4.78 is 0.781. The summed E-state index contributed by atoms with van der Waals surface area (Å²) in [5.41, 5.74) is 1.20. The van der Waals surface area contributed by atoms with E-state index in [1.165, 1.54) is 24.3 Å². The van der Waals surface area contributed by atoms with Crippen molar-refractivity contribution in [2.24, 2.45) is 5.92 Å². The third kappa shape index (κ3) is 2.56. The number of hydrogen-bond donors (Lipinski definition) is 0. The lowest BCUT2D eigenvalue weighted by molar-refractivity contribution is -0.385. The third-order valence-electron chi connectivity index (χ3n) is 3.28. The molecule has 106 valence electrons. The average Bonchev–Trinajstić information content (AvgIpc) is 2.65. The van der Waals surface area contributed by atoms with Crippen molar-refractivity contribution >= 4 is 33.0 Å². The normalized spacial score (nSPS) is 12.8. The number of hydrogen-bond acceptors (Lipinski definition) is 5. The van der Waals surface area contributed by atoms with Gasteiger partial charge in [0.25, 0.3) is 5.69 Å². The molecular weight excluding hydrogens is 276 g/mol. The first-order valence-corrected chi connectivity index (χ1v) is 7.18. The fourth-order valence-corrected chi connectivity index (χ4v) is 3.39. The van der Waals surface area contributed by atoms with Crippen molar-refractivity contribution in [1.29, 1.82) is 0 Å². The highest BCUT2D eigenvalue weighted by atomic mass is 32.1. The Bertz CT molecular complexity index is 691. The summed E-state index contributed by atoms with van der Waals surface area (Å²) in [5.74, 6) is -0.528. The summed E-state index contributed by atoms with van der Waals surface area (Å²) in [5, 5.41) is 12.2. The summed E-state index contributed by atoms with van der Waals surface area (Å²) in [4.78, 5) is 27.1. The Kier molecular flexibility index (Phi) is 3.85. The molecule has 20 heavy (non-hydrogen) atoms. The van der Waals surface area contributed by atoms with E-state index in [4.69, 9.17) is 0 Å².